The summed E-state index contributed by atoms with van der Waals surface area (Å²) in [4.78, 5) is 30.0. The van der Waals surface area contributed by atoms with Gasteiger partial charge < -0.3 is 20.3 Å². The number of carbonyl (C=O) groups is 2. The number of esters is 1. The largest absolute Gasteiger partial charge is 0.466 e. The number of unbranched alkanes of at least 4 members (excludes halogenated alkanes) is 2. The van der Waals surface area contributed by atoms with Crippen molar-refractivity contribution in [3.05, 3.63) is 35.9 Å². The van der Waals surface area contributed by atoms with E-state index in [2.05, 4.69) is 20.5 Å². The fourth-order valence-electron chi connectivity index (χ4n) is 2.92. The molecular formula is C20H30N4O3. The van der Waals surface area contributed by atoms with Gasteiger partial charge in [0.15, 0.2) is 0 Å². The highest BCUT2D eigenvalue weighted by molar-refractivity contribution is 6.04. The molecule has 2 amide bonds. The molecule has 2 rings (SSSR count). The number of benzene rings is 1. The number of nitrogens with one attached hydrogen (secondary N) is 2. The van der Waals surface area contributed by atoms with Crippen molar-refractivity contribution in [3.8, 4) is 0 Å². The zero-order valence-electron chi connectivity index (χ0n) is 16.1. The van der Waals surface area contributed by atoms with Crippen molar-refractivity contribution in [1.82, 2.24) is 15.5 Å². The summed E-state index contributed by atoms with van der Waals surface area (Å²) in [7, 11) is 0. The molecule has 7 heteroatoms. The van der Waals surface area contributed by atoms with Gasteiger partial charge in [0.05, 0.1) is 6.61 Å². The van der Waals surface area contributed by atoms with Gasteiger partial charge in [0, 0.05) is 44.7 Å². The molecule has 1 saturated heterocycles. The Hall–Kier alpha value is -2.41. The van der Waals surface area contributed by atoms with Crippen molar-refractivity contribution in [2.75, 3.05) is 39.3 Å². The highest BCUT2D eigenvalue weighted by Crippen LogP contribution is 2.08. The molecule has 0 radical (unpaired) electrons. The van der Waals surface area contributed by atoms with Gasteiger partial charge in [-0.25, -0.2) is 4.79 Å². The molecule has 0 spiro atoms. The Labute approximate surface area is 161 Å². The predicted octanol–water partition coefficient (Wildman–Crippen LogP) is 2.17. The molecule has 0 unspecified atom stereocenters. The molecule has 2 N–H and O–H groups in total. The summed E-state index contributed by atoms with van der Waals surface area (Å²) in [5.74, 6) is 0.562. The van der Waals surface area contributed by atoms with Crippen LogP contribution in [0.4, 0.5) is 4.79 Å². The second kappa shape index (κ2) is 12.1. The van der Waals surface area contributed by atoms with Gasteiger partial charge in [0.2, 0.25) is 0 Å². The van der Waals surface area contributed by atoms with Gasteiger partial charge >= 0.3 is 12.0 Å². The van der Waals surface area contributed by atoms with Crippen molar-refractivity contribution < 1.29 is 14.3 Å². The highest BCUT2D eigenvalue weighted by Gasteiger charge is 2.17. The monoisotopic (exact) mass is 374 g/mol. The van der Waals surface area contributed by atoms with Gasteiger partial charge in [-0.3, -0.25) is 4.79 Å². The summed E-state index contributed by atoms with van der Waals surface area (Å²) in [6.45, 7) is 6.20. The average molecular weight is 374 g/mol. The number of amides is 2. The highest BCUT2D eigenvalue weighted by atomic mass is 16.5. The third kappa shape index (κ3) is 7.78. The van der Waals surface area contributed by atoms with Crippen molar-refractivity contribution in [2.24, 2.45) is 4.99 Å². The Morgan fingerprint density at radius 3 is 2.59 bits per heavy atom. The molecule has 1 aromatic rings. The normalized spacial score (nSPS) is 14.7. The standard InChI is InChI=1S/C20H30N4O3/c1-2-27-18(25)11-7-4-8-12-22-20(26)23-19(17-9-5-3-6-10-17)24-15-13-21-14-16-24/h3,5-6,9-10,21H,2,4,7-8,11-16H2,1H3,(H,22,26). The smallest absolute Gasteiger partial charge is 0.342 e. The summed E-state index contributed by atoms with van der Waals surface area (Å²) < 4.78 is 4.89. The zero-order chi connectivity index (χ0) is 19.3. The van der Waals surface area contributed by atoms with Crippen molar-refractivity contribution in [1.29, 1.82) is 0 Å². The van der Waals surface area contributed by atoms with Crippen LogP contribution in [0.15, 0.2) is 35.3 Å². The first-order valence-electron chi connectivity index (χ1n) is 9.74. The van der Waals surface area contributed by atoms with Crippen LogP contribution in [0.1, 0.15) is 38.2 Å². The van der Waals surface area contributed by atoms with E-state index in [0.717, 1.165) is 56.8 Å². The Morgan fingerprint density at radius 1 is 1.15 bits per heavy atom. The summed E-state index contributed by atoms with van der Waals surface area (Å²) in [6.07, 6.45) is 2.89. The van der Waals surface area contributed by atoms with E-state index in [1.807, 2.05) is 30.3 Å². The molecule has 1 aromatic carbocycles. The number of hydrogen-bond donors (Lipinski definition) is 2. The first-order valence-corrected chi connectivity index (χ1v) is 9.74. The van der Waals surface area contributed by atoms with Crippen LogP contribution in [0.25, 0.3) is 0 Å². The predicted molar refractivity (Wildman–Crippen MR) is 106 cm³/mol. The molecule has 7 nitrogen and oxygen atoms in total. The number of hydrogen-bond acceptors (Lipinski definition) is 4. The van der Waals surface area contributed by atoms with Gasteiger partial charge in [-0.15, -0.1) is 0 Å². The van der Waals surface area contributed by atoms with E-state index in [1.54, 1.807) is 6.92 Å². The lowest BCUT2D eigenvalue weighted by Crippen LogP contribution is -2.47. The van der Waals surface area contributed by atoms with E-state index in [-0.39, 0.29) is 12.0 Å². The van der Waals surface area contributed by atoms with E-state index < -0.39 is 0 Å². The lowest BCUT2D eigenvalue weighted by molar-refractivity contribution is -0.143. The van der Waals surface area contributed by atoms with Gasteiger partial charge in [-0.05, 0) is 19.8 Å². The molecule has 0 aliphatic carbocycles. The van der Waals surface area contributed by atoms with Crippen molar-refractivity contribution >= 4 is 17.8 Å². The second-order valence-corrected chi connectivity index (χ2v) is 6.39. The number of aliphatic imine (C=N–C) groups is 1. The van der Waals surface area contributed by atoms with Crippen molar-refractivity contribution in [2.45, 2.75) is 32.6 Å². The number of carbonyl (C=O) groups excluding carboxylic acids is 2. The van der Waals surface area contributed by atoms with Crippen LogP contribution in [-0.2, 0) is 9.53 Å². The maximum absolute atomic E-state index is 12.3. The van der Waals surface area contributed by atoms with E-state index >= 15 is 0 Å². The molecule has 1 heterocycles. The Balaban J connectivity index is 1.81. The third-order valence-corrected chi connectivity index (χ3v) is 4.30. The summed E-state index contributed by atoms with van der Waals surface area (Å²) in [6, 6.07) is 9.49. The number of piperazine rings is 1. The minimum Gasteiger partial charge on any atom is -0.466 e. The number of nitrogens with zero attached hydrogens (tertiary/aromatic N) is 2. The number of ether oxygens (including phenoxy) is 1. The number of rotatable bonds is 8. The Kier molecular flexibility index (Phi) is 9.34. The molecular weight excluding hydrogens is 344 g/mol. The summed E-state index contributed by atoms with van der Waals surface area (Å²) in [5, 5.41) is 6.16. The zero-order valence-corrected chi connectivity index (χ0v) is 16.1. The number of amidine groups is 1. The Morgan fingerprint density at radius 2 is 1.89 bits per heavy atom. The molecule has 0 bridgehead atoms. The van der Waals surface area contributed by atoms with Gasteiger partial charge in [0.25, 0.3) is 0 Å². The quantitative estimate of drug-likeness (QED) is 0.315. The van der Waals surface area contributed by atoms with Crippen LogP contribution in [0, 0.1) is 0 Å². The summed E-state index contributed by atoms with van der Waals surface area (Å²) >= 11 is 0. The third-order valence-electron chi connectivity index (χ3n) is 4.30. The molecule has 0 saturated carbocycles. The first-order chi connectivity index (χ1) is 13.2. The first kappa shape index (κ1) is 20.9. The average Bonchev–Trinajstić information content (AvgIpc) is 2.70. The van der Waals surface area contributed by atoms with E-state index in [0.29, 0.717) is 19.6 Å². The molecule has 27 heavy (non-hydrogen) atoms. The lowest BCUT2D eigenvalue weighted by Gasteiger charge is -2.30. The molecule has 1 aliphatic heterocycles. The summed E-state index contributed by atoms with van der Waals surface area (Å²) in [5.41, 5.74) is 0.948. The van der Waals surface area contributed by atoms with E-state index in [9.17, 15) is 9.59 Å². The molecule has 1 aliphatic rings. The molecule has 148 valence electrons. The maximum atomic E-state index is 12.3. The molecule has 0 atom stereocenters. The van der Waals surface area contributed by atoms with Crippen LogP contribution in [-0.4, -0.2) is 62.1 Å². The Bertz CT molecular complexity index is 613. The van der Waals surface area contributed by atoms with Gasteiger partial charge in [-0.2, -0.15) is 4.99 Å². The van der Waals surface area contributed by atoms with Gasteiger partial charge in [-0.1, -0.05) is 36.8 Å². The van der Waals surface area contributed by atoms with Gasteiger partial charge in [0.1, 0.15) is 5.84 Å². The minimum atomic E-state index is -0.322. The fourth-order valence-corrected chi connectivity index (χ4v) is 2.92. The maximum Gasteiger partial charge on any atom is 0.342 e. The minimum absolute atomic E-state index is 0.158. The number of urea groups is 1. The lowest BCUT2D eigenvalue weighted by atomic mass is 10.1. The fraction of sp³-hybridized carbons (Fsp3) is 0.550. The van der Waals surface area contributed by atoms with E-state index in [1.165, 1.54) is 0 Å². The van der Waals surface area contributed by atoms with Crippen LogP contribution in [0.5, 0.6) is 0 Å². The second-order valence-electron chi connectivity index (χ2n) is 6.39. The molecule has 1 fully saturated rings. The SMILES string of the molecule is CCOC(=O)CCCCCNC(=O)N=C(c1ccccc1)N1CCNCC1. The van der Waals surface area contributed by atoms with Crippen LogP contribution < -0.4 is 10.6 Å². The van der Waals surface area contributed by atoms with Crippen LogP contribution >= 0.6 is 0 Å². The van der Waals surface area contributed by atoms with Crippen LogP contribution in [0.2, 0.25) is 0 Å². The van der Waals surface area contributed by atoms with Crippen LogP contribution in [0.3, 0.4) is 0 Å². The molecule has 0 aromatic heterocycles. The topological polar surface area (TPSA) is 83.0 Å². The van der Waals surface area contributed by atoms with Crippen molar-refractivity contribution in [3.63, 3.8) is 0 Å². The van der Waals surface area contributed by atoms with E-state index in [4.69, 9.17) is 4.74 Å².